The molecule has 1 aromatic heterocycles. The molecule has 0 aliphatic carbocycles. The van der Waals surface area contributed by atoms with E-state index in [4.69, 9.17) is 4.74 Å². The number of benzene rings is 1. The van der Waals surface area contributed by atoms with Gasteiger partial charge in [0, 0.05) is 24.2 Å². The van der Waals surface area contributed by atoms with Gasteiger partial charge in [-0.2, -0.15) is 0 Å². The van der Waals surface area contributed by atoms with Gasteiger partial charge in [-0.3, -0.25) is 0 Å². The second kappa shape index (κ2) is 7.32. The number of urea groups is 1. The number of hydrogen-bond acceptors (Lipinski definition) is 4. The number of ether oxygens (including phenoxy) is 1. The molecule has 1 atom stereocenters. The zero-order valence-electron chi connectivity index (χ0n) is 14.3. The molecule has 1 aliphatic rings. The number of aromatic nitrogens is 1. The number of hydrogen-bond donors (Lipinski definition) is 1. The normalized spacial score (nSPS) is 17.8. The predicted molar refractivity (Wildman–Crippen MR) is 95.3 cm³/mol. The molecule has 1 saturated heterocycles. The number of morpholine rings is 1. The van der Waals surface area contributed by atoms with Crippen molar-refractivity contribution in [3.63, 3.8) is 0 Å². The first-order chi connectivity index (χ1) is 11.5. The van der Waals surface area contributed by atoms with Crippen molar-refractivity contribution in [1.82, 2.24) is 15.2 Å². The first kappa shape index (κ1) is 16.9. The van der Waals surface area contributed by atoms with E-state index in [1.165, 1.54) is 11.1 Å². The monoisotopic (exact) mass is 345 g/mol. The highest BCUT2D eigenvalue weighted by atomic mass is 32.1. The fourth-order valence-corrected chi connectivity index (χ4v) is 3.79. The van der Waals surface area contributed by atoms with Gasteiger partial charge < -0.3 is 15.0 Å². The molecule has 2 aromatic rings. The van der Waals surface area contributed by atoms with Crippen LogP contribution in [0.3, 0.4) is 0 Å². The minimum absolute atomic E-state index is 0.0591. The lowest BCUT2D eigenvalue weighted by molar-refractivity contribution is 0.0115. The van der Waals surface area contributed by atoms with E-state index in [0.717, 1.165) is 16.3 Å². The van der Waals surface area contributed by atoms with Crippen molar-refractivity contribution in [2.75, 3.05) is 19.8 Å². The molecule has 2 heterocycles. The van der Waals surface area contributed by atoms with Crippen molar-refractivity contribution < 1.29 is 9.53 Å². The van der Waals surface area contributed by atoms with E-state index in [0.29, 0.717) is 26.3 Å². The maximum atomic E-state index is 12.7. The van der Waals surface area contributed by atoms with Crippen molar-refractivity contribution in [1.29, 1.82) is 0 Å². The molecule has 1 aromatic carbocycles. The Balaban J connectivity index is 1.68. The van der Waals surface area contributed by atoms with E-state index in [1.54, 1.807) is 11.3 Å². The Morgan fingerprint density at radius 1 is 1.42 bits per heavy atom. The number of nitrogens with zero attached hydrogens (tertiary/aromatic N) is 2. The average molecular weight is 345 g/mol. The van der Waals surface area contributed by atoms with E-state index in [2.05, 4.69) is 42.3 Å². The van der Waals surface area contributed by atoms with Crippen molar-refractivity contribution in [3.8, 4) is 0 Å². The summed E-state index contributed by atoms with van der Waals surface area (Å²) in [5, 5.41) is 5.99. The summed E-state index contributed by atoms with van der Waals surface area (Å²) >= 11 is 1.58. The molecule has 0 bridgehead atoms. The summed E-state index contributed by atoms with van der Waals surface area (Å²) in [5.41, 5.74) is 4.55. The van der Waals surface area contributed by atoms with Gasteiger partial charge in [-0.25, -0.2) is 9.78 Å². The summed E-state index contributed by atoms with van der Waals surface area (Å²) in [4.78, 5) is 19.0. The van der Waals surface area contributed by atoms with Crippen LogP contribution in [0.4, 0.5) is 4.79 Å². The quantitative estimate of drug-likeness (QED) is 0.928. The van der Waals surface area contributed by atoms with E-state index in [9.17, 15) is 4.79 Å². The van der Waals surface area contributed by atoms with Crippen molar-refractivity contribution >= 4 is 17.4 Å². The summed E-state index contributed by atoms with van der Waals surface area (Å²) < 4.78 is 5.57. The number of amides is 2. The van der Waals surface area contributed by atoms with Gasteiger partial charge in [0.1, 0.15) is 11.0 Å². The molecule has 0 unspecified atom stereocenters. The molecule has 1 N–H and O–H groups in total. The minimum Gasteiger partial charge on any atom is -0.377 e. The molecule has 3 rings (SSSR count). The Morgan fingerprint density at radius 2 is 2.25 bits per heavy atom. The highest BCUT2D eigenvalue weighted by Crippen LogP contribution is 2.27. The number of rotatable bonds is 3. The molecular formula is C18H23N3O2S. The first-order valence-electron chi connectivity index (χ1n) is 8.15. The van der Waals surface area contributed by atoms with Gasteiger partial charge in [-0.15, -0.1) is 11.3 Å². The number of nitrogens with one attached hydrogen (secondary N) is 1. The Labute approximate surface area is 146 Å². The zero-order valence-corrected chi connectivity index (χ0v) is 15.2. The van der Waals surface area contributed by atoms with Crippen LogP contribution in [0.15, 0.2) is 23.6 Å². The molecule has 2 amide bonds. The van der Waals surface area contributed by atoms with Crippen LogP contribution in [-0.2, 0) is 11.3 Å². The fraction of sp³-hybridized carbons (Fsp3) is 0.444. The van der Waals surface area contributed by atoms with Crippen LogP contribution in [0.5, 0.6) is 0 Å². The molecule has 0 spiro atoms. The smallest absolute Gasteiger partial charge is 0.318 e. The maximum absolute atomic E-state index is 12.7. The van der Waals surface area contributed by atoms with Gasteiger partial charge in [0.05, 0.1) is 13.2 Å². The van der Waals surface area contributed by atoms with Crippen molar-refractivity contribution in [2.24, 2.45) is 0 Å². The Kier molecular flexibility index (Phi) is 5.16. The minimum atomic E-state index is -0.100. The Bertz CT molecular complexity index is 729. The van der Waals surface area contributed by atoms with Crippen molar-refractivity contribution in [2.45, 2.75) is 33.4 Å². The largest absolute Gasteiger partial charge is 0.377 e. The van der Waals surface area contributed by atoms with Gasteiger partial charge in [0.15, 0.2) is 0 Å². The van der Waals surface area contributed by atoms with Gasteiger partial charge in [-0.05, 0) is 31.9 Å². The standard InChI is InChI=1S/C18H23N3O2S/c1-12-4-5-15(13(2)8-12)9-19-18(22)21-6-7-23-10-16(21)17-20-14(3)11-24-17/h4-5,8,11,16H,6-7,9-10H2,1-3H3,(H,19,22)/t16-/m0/s1. The summed E-state index contributed by atoms with van der Waals surface area (Å²) in [6.45, 7) is 8.30. The Morgan fingerprint density at radius 3 is 2.96 bits per heavy atom. The van der Waals surface area contributed by atoms with Crippen LogP contribution in [-0.4, -0.2) is 35.7 Å². The SMILES string of the molecule is Cc1ccc(CNC(=O)N2CCOC[C@H]2c2nc(C)cs2)c(C)c1. The highest BCUT2D eigenvalue weighted by Gasteiger charge is 2.30. The van der Waals surface area contributed by atoms with Gasteiger partial charge in [-0.1, -0.05) is 23.8 Å². The van der Waals surface area contributed by atoms with E-state index < -0.39 is 0 Å². The maximum Gasteiger partial charge on any atom is 0.318 e. The molecular weight excluding hydrogens is 322 g/mol. The first-order valence-corrected chi connectivity index (χ1v) is 9.03. The van der Waals surface area contributed by atoms with Crippen LogP contribution >= 0.6 is 11.3 Å². The molecule has 128 valence electrons. The number of aryl methyl sites for hydroxylation is 3. The summed E-state index contributed by atoms with van der Waals surface area (Å²) in [6, 6.07) is 6.13. The number of carbonyl (C=O) groups is 1. The van der Waals surface area contributed by atoms with E-state index in [-0.39, 0.29) is 12.1 Å². The lowest BCUT2D eigenvalue weighted by Gasteiger charge is -2.34. The molecule has 5 nitrogen and oxygen atoms in total. The van der Waals surface area contributed by atoms with Gasteiger partial charge in [0.2, 0.25) is 0 Å². The molecule has 1 aliphatic heterocycles. The average Bonchev–Trinajstić information content (AvgIpc) is 3.00. The molecule has 0 saturated carbocycles. The van der Waals surface area contributed by atoms with Gasteiger partial charge >= 0.3 is 6.03 Å². The van der Waals surface area contributed by atoms with Crippen LogP contribution < -0.4 is 5.32 Å². The molecule has 6 heteroatoms. The van der Waals surface area contributed by atoms with Crippen LogP contribution in [0.2, 0.25) is 0 Å². The summed E-state index contributed by atoms with van der Waals surface area (Å²) in [5.74, 6) is 0. The van der Waals surface area contributed by atoms with Crippen LogP contribution in [0, 0.1) is 20.8 Å². The zero-order chi connectivity index (χ0) is 17.1. The fourth-order valence-electron chi connectivity index (χ4n) is 2.89. The topological polar surface area (TPSA) is 54.5 Å². The third kappa shape index (κ3) is 3.76. The van der Waals surface area contributed by atoms with E-state index >= 15 is 0 Å². The van der Waals surface area contributed by atoms with Crippen LogP contribution in [0.25, 0.3) is 0 Å². The highest BCUT2D eigenvalue weighted by molar-refractivity contribution is 7.09. The molecule has 24 heavy (non-hydrogen) atoms. The lowest BCUT2D eigenvalue weighted by atomic mass is 10.1. The van der Waals surface area contributed by atoms with Gasteiger partial charge in [0.25, 0.3) is 0 Å². The predicted octanol–water partition coefficient (Wildman–Crippen LogP) is 3.35. The molecule has 0 radical (unpaired) electrons. The van der Waals surface area contributed by atoms with Crippen molar-refractivity contribution in [3.05, 3.63) is 51.0 Å². The van der Waals surface area contributed by atoms with E-state index in [1.807, 2.05) is 17.2 Å². The number of carbonyl (C=O) groups excluding carboxylic acids is 1. The third-order valence-electron chi connectivity index (χ3n) is 4.24. The number of thiazole rings is 1. The summed E-state index contributed by atoms with van der Waals surface area (Å²) in [7, 11) is 0. The Hall–Kier alpha value is -1.92. The van der Waals surface area contributed by atoms with Crippen LogP contribution in [0.1, 0.15) is 33.4 Å². The second-order valence-corrected chi connectivity index (χ2v) is 7.09. The second-order valence-electron chi connectivity index (χ2n) is 6.20. The lowest BCUT2D eigenvalue weighted by Crippen LogP contribution is -2.47. The third-order valence-corrected chi connectivity index (χ3v) is 5.30. The molecule has 1 fully saturated rings. The summed E-state index contributed by atoms with van der Waals surface area (Å²) in [6.07, 6.45) is 0.